The Labute approximate surface area is 91.7 Å². The average Bonchev–Trinajstić information content (AvgIpc) is 2.31. The van der Waals surface area contributed by atoms with Gasteiger partial charge < -0.3 is 5.73 Å². The number of halogens is 5. The third-order valence-corrected chi connectivity index (χ3v) is 3.23. The van der Waals surface area contributed by atoms with Crippen LogP contribution >= 0.6 is 39.7 Å². The van der Waals surface area contributed by atoms with E-state index in [0.717, 1.165) is 11.3 Å². The Morgan fingerprint density at radius 2 is 2.00 bits per heavy atom. The predicted octanol–water partition coefficient (Wildman–Crippen LogP) is 3.49. The Bertz CT molecular complexity index is 275. The van der Waals surface area contributed by atoms with Crippen molar-refractivity contribution in [3.8, 4) is 0 Å². The molecular formula is C6H6BrClF3NS. The molecule has 0 saturated heterocycles. The summed E-state index contributed by atoms with van der Waals surface area (Å²) in [5.41, 5.74) is 4.97. The van der Waals surface area contributed by atoms with Gasteiger partial charge in [-0.15, -0.1) is 23.7 Å². The third-order valence-electron chi connectivity index (χ3n) is 1.28. The average molecular weight is 297 g/mol. The molecule has 1 rings (SSSR count). The summed E-state index contributed by atoms with van der Waals surface area (Å²) in [6.45, 7) is 0. The van der Waals surface area contributed by atoms with E-state index in [4.69, 9.17) is 5.73 Å². The monoisotopic (exact) mass is 295 g/mol. The number of rotatable bonds is 1. The summed E-state index contributed by atoms with van der Waals surface area (Å²) >= 11 is 3.98. The van der Waals surface area contributed by atoms with E-state index in [1.807, 2.05) is 0 Å². The molecule has 1 heterocycles. The zero-order valence-corrected chi connectivity index (χ0v) is 9.36. The summed E-state index contributed by atoms with van der Waals surface area (Å²) in [4.78, 5) is 0.113. The van der Waals surface area contributed by atoms with Crippen LogP contribution in [0.25, 0.3) is 0 Å². The van der Waals surface area contributed by atoms with E-state index in [-0.39, 0.29) is 17.3 Å². The SMILES string of the molecule is Cl.N[C@@H](c1sccc1Br)C(F)(F)F. The molecule has 1 aromatic rings. The molecule has 0 saturated carbocycles. The minimum absolute atomic E-state index is 0. The van der Waals surface area contributed by atoms with Crippen molar-refractivity contribution in [2.75, 3.05) is 0 Å². The van der Waals surface area contributed by atoms with E-state index in [1.54, 1.807) is 11.4 Å². The van der Waals surface area contributed by atoms with Gasteiger partial charge >= 0.3 is 6.18 Å². The molecule has 0 aromatic carbocycles. The van der Waals surface area contributed by atoms with Gasteiger partial charge in [0.15, 0.2) is 0 Å². The van der Waals surface area contributed by atoms with Crippen LogP contribution in [-0.4, -0.2) is 6.18 Å². The largest absolute Gasteiger partial charge is 0.408 e. The van der Waals surface area contributed by atoms with E-state index in [0.29, 0.717) is 4.47 Å². The zero-order chi connectivity index (χ0) is 9.35. The Balaban J connectivity index is 0.00000144. The fourth-order valence-electron chi connectivity index (χ4n) is 0.676. The lowest BCUT2D eigenvalue weighted by molar-refractivity contribution is -0.148. The molecule has 0 radical (unpaired) electrons. The van der Waals surface area contributed by atoms with Crippen molar-refractivity contribution in [3.63, 3.8) is 0 Å². The first-order chi connectivity index (χ1) is 5.43. The molecule has 0 fully saturated rings. The van der Waals surface area contributed by atoms with E-state index in [2.05, 4.69) is 15.9 Å². The van der Waals surface area contributed by atoms with Crippen LogP contribution in [0.5, 0.6) is 0 Å². The maximum atomic E-state index is 12.1. The Morgan fingerprint density at radius 3 is 2.31 bits per heavy atom. The van der Waals surface area contributed by atoms with E-state index in [1.165, 1.54) is 0 Å². The minimum atomic E-state index is -4.37. The second-order valence-electron chi connectivity index (χ2n) is 2.15. The van der Waals surface area contributed by atoms with Crippen LogP contribution in [0.3, 0.4) is 0 Å². The van der Waals surface area contributed by atoms with Crippen LogP contribution in [-0.2, 0) is 0 Å². The molecule has 2 N–H and O–H groups in total. The minimum Gasteiger partial charge on any atom is -0.316 e. The van der Waals surface area contributed by atoms with Crippen LogP contribution in [0.4, 0.5) is 13.2 Å². The molecule has 0 amide bonds. The van der Waals surface area contributed by atoms with E-state index in [9.17, 15) is 13.2 Å². The van der Waals surface area contributed by atoms with Gasteiger partial charge in [-0.25, -0.2) is 0 Å². The smallest absolute Gasteiger partial charge is 0.316 e. The van der Waals surface area contributed by atoms with Crippen molar-refractivity contribution in [1.29, 1.82) is 0 Å². The molecular weight excluding hydrogens is 290 g/mol. The van der Waals surface area contributed by atoms with E-state index >= 15 is 0 Å². The molecule has 0 aliphatic heterocycles. The van der Waals surface area contributed by atoms with Crippen LogP contribution in [0.15, 0.2) is 15.9 Å². The molecule has 0 spiro atoms. The molecule has 7 heteroatoms. The van der Waals surface area contributed by atoms with Crippen molar-refractivity contribution < 1.29 is 13.2 Å². The van der Waals surface area contributed by atoms with Crippen molar-refractivity contribution in [2.24, 2.45) is 5.73 Å². The second-order valence-corrected chi connectivity index (χ2v) is 3.95. The van der Waals surface area contributed by atoms with Crippen molar-refractivity contribution in [2.45, 2.75) is 12.2 Å². The number of hydrogen-bond donors (Lipinski definition) is 1. The number of hydrogen-bond acceptors (Lipinski definition) is 2. The maximum Gasteiger partial charge on any atom is 0.408 e. The molecule has 1 nitrogen and oxygen atoms in total. The quantitative estimate of drug-likeness (QED) is 0.843. The first kappa shape index (κ1) is 13.2. The molecule has 1 atom stereocenters. The predicted molar refractivity (Wildman–Crippen MR) is 52.3 cm³/mol. The number of nitrogens with two attached hydrogens (primary N) is 1. The second kappa shape index (κ2) is 4.63. The first-order valence-corrected chi connectivity index (χ1v) is 4.65. The van der Waals surface area contributed by atoms with Gasteiger partial charge in [0.25, 0.3) is 0 Å². The molecule has 0 bridgehead atoms. The number of alkyl halides is 3. The van der Waals surface area contributed by atoms with Crippen molar-refractivity contribution >= 4 is 39.7 Å². The summed E-state index contributed by atoms with van der Waals surface area (Å²) in [5.74, 6) is 0. The third kappa shape index (κ3) is 3.12. The first-order valence-electron chi connectivity index (χ1n) is 2.98. The van der Waals surface area contributed by atoms with Crippen LogP contribution in [0.2, 0.25) is 0 Å². The van der Waals surface area contributed by atoms with Gasteiger partial charge in [-0.2, -0.15) is 13.2 Å². The summed E-state index contributed by atoms with van der Waals surface area (Å²) in [6, 6.07) is -0.335. The highest BCUT2D eigenvalue weighted by molar-refractivity contribution is 9.10. The highest BCUT2D eigenvalue weighted by atomic mass is 79.9. The molecule has 13 heavy (non-hydrogen) atoms. The van der Waals surface area contributed by atoms with Gasteiger partial charge in [-0.1, -0.05) is 0 Å². The van der Waals surface area contributed by atoms with Gasteiger partial charge in [0.1, 0.15) is 6.04 Å². The van der Waals surface area contributed by atoms with Crippen LogP contribution < -0.4 is 5.73 Å². The van der Waals surface area contributed by atoms with Gasteiger partial charge in [-0.05, 0) is 27.4 Å². The van der Waals surface area contributed by atoms with Gasteiger partial charge in [-0.3, -0.25) is 0 Å². The highest BCUT2D eigenvalue weighted by Crippen LogP contribution is 2.37. The molecule has 0 aliphatic rings. The normalized spacial score (nSPS) is 13.6. The lowest BCUT2D eigenvalue weighted by Gasteiger charge is -2.13. The maximum absolute atomic E-state index is 12.1. The molecule has 0 aliphatic carbocycles. The summed E-state index contributed by atoms with van der Waals surface area (Å²) in [5, 5.41) is 1.56. The lowest BCUT2D eigenvalue weighted by Crippen LogP contribution is -2.27. The van der Waals surface area contributed by atoms with Crippen LogP contribution in [0.1, 0.15) is 10.9 Å². The Hall–Kier alpha value is 0.220. The van der Waals surface area contributed by atoms with E-state index < -0.39 is 12.2 Å². The Kier molecular flexibility index (Phi) is 4.71. The lowest BCUT2D eigenvalue weighted by atomic mass is 10.2. The highest BCUT2D eigenvalue weighted by Gasteiger charge is 2.39. The molecule has 76 valence electrons. The van der Waals surface area contributed by atoms with Gasteiger partial charge in [0, 0.05) is 9.35 Å². The van der Waals surface area contributed by atoms with Crippen molar-refractivity contribution in [1.82, 2.24) is 0 Å². The number of thiophene rings is 1. The summed E-state index contributed by atoms with van der Waals surface area (Å²) in [6.07, 6.45) is -4.37. The standard InChI is InChI=1S/C6H5BrF3NS.ClH/c7-3-1-2-12-4(3)5(11)6(8,9)10;/h1-2,5H,11H2;1H/t5-;/m0./s1. The fraction of sp³-hybridized carbons (Fsp3) is 0.333. The van der Waals surface area contributed by atoms with Crippen molar-refractivity contribution in [3.05, 3.63) is 20.8 Å². The summed E-state index contributed by atoms with van der Waals surface area (Å²) in [7, 11) is 0. The Morgan fingerprint density at radius 1 is 1.46 bits per heavy atom. The summed E-state index contributed by atoms with van der Waals surface area (Å²) < 4.78 is 36.6. The van der Waals surface area contributed by atoms with Gasteiger partial charge in [0.05, 0.1) is 0 Å². The van der Waals surface area contributed by atoms with Gasteiger partial charge in [0.2, 0.25) is 0 Å². The topological polar surface area (TPSA) is 26.0 Å². The van der Waals surface area contributed by atoms with Crippen LogP contribution in [0, 0.1) is 0 Å². The molecule has 0 unspecified atom stereocenters. The molecule has 1 aromatic heterocycles. The fourth-order valence-corrected chi connectivity index (χ4v) is 2.32. The zero-order valence-electron chi connectivity index (χ0n) is 6.14.